The summed E-state index contributed by atoms with van der Waals surface area (Å²) in [7, 11) is 0. The van der Waals surface area contributed by atoms with Gasteiger partial charge in [-0.1, -0.05) is 10.6 Å². The van der Waals surface area contributed by atoms with E-state index < -0.39 is 0 Å². The standard InChI is InChI=1S/C10H6IN3S/c11-8-4-12-9-2-1-6(3-7(8)9)10-5-15-14-13-10/h1-5,12H. The third-order valence-corrected chi connectivity index (χ3v) is 3.68. The second-order valence-electron chi connectivity index (χ2n) is 3.19. The highest BCUT2D eigenvalue weighted by Crippen LogP contribution is 2.26. The molecule has 0 unspecified atom stereocenters. The Kier molecular flexibility index (Phi) is 2.21. The van der Waals surface area contributed by atoms with Gasteiger partial charge in [-0.15, -0.1) is 5.10 Å². The zero-order valence-corrected chi connectivity index (χ0v) is 10.5. The smallest absolute Gasteiger partial charge is 0.105 e. The first-order chi connectivity index (χ1) is 7.34. The van der Waals surface area contributed by atoms with Crippen LogP contribution in [-0.2, 0) is 0 Å². The van der Waals surface area contributed by atoms with Crippen molar-refractivity contribution in [3.8, 4) is 11.3 Å². The largest absolute Gasteiger partial charge is 0.360 e. The van der Waals surface area contributed by atoms with E-state index in [-0.39, 0.29) is 0 Å². The summed E-state index contributed by atoms with van der Waals surface area (Å²) < 4.78 is 5.10. The highest BCUT2D eigenvalue weighted by atomic mass is 127. The van der Waals surface area contributed by atoms with Gasteiger partial charge in [-0.2, -0.15) is 0 Å². The van der Waals surface area contributed by atoms with Crippen LogP contribution in [-0.4, -0.2) is 14.6 Å². The third kappa shape index (κ3) is 1.55. The van der Waals surface area contributed by atoms with Gasteiger partial charge in [-0.3, -0.25) is 0 Å². The lowest BCUT2D eigenvalue weighted by Crippen LogP contribution is -1.78. The van der Waals surface area contributed by atoms with Gasteiger partial charge in [0.15, 0.2) is 0 Å². The predicted molar refractivity (Wildman–Crippen MR) is 69.9 cm³/mol. The molecule has 0 atom stereocenters. The molecule has 0 saturated carbocycles. The van der Waals surface area contributed by atoms with Gasteiger partial charge in [-0.05, 0) is 46.3 Å². The van der Waals surface area contributed by atoms with Gasteiger partial charge in [0.1, 0.15) is 5.69 Å². The van der Waals surface area contributed by atoms with Crippen LogP contribution in [0.5, 0.6) is 0 Å². The summed E-state index contributed by atoms with van der Waals surface area (Å²) >= 11 is 3.70. The maximum atomic E-state index is 4.06. The Morgan fingerprint density at radius 2 is 2.27 bits per heavy atom. The normalized spacial score (nSPS) is 11.0. The molecule has 0 bridgehead atoms. The highest BCUT2D eigenvalue weighted by Gasteiger charge is 2.05. The number of fused-ring (bicyclic) bond motifs is 1. The molecule has 1 aromatic carbocycles. The molecule has 1 N–H and O–H groups in total. The van der Waals surface area contributed by atoms with E-state index >= 15 is 0 Å². The average molecular weight is 327 g/mol. The number of rotatable bonds is 1. The first-order valence-corrected chi connectivity index (χ1v) is 6.30. The Hall–Kier alpha value is -0.950. The average Bonchev–Trinajstić information content (AvgIpc) is 2.88. The van der Waals surface area contributed by atoms with Gasteiger partial charge in [0.2, 0.25) is 0 Å². The number of nitrogens with one attached hydrogen (secondary N) is 1. The minimum atomic E-state index is 0.943. The van der Waals surface area contributed by atoms with E-state index in [1.807, 2.05) is 11.6 Å². The Bertz CT molecular complexity index is 600. The fourth-order valence-electron chi connectivity index (χ4n) is 1.54. The fourth-order valence-corrected chi connectivity index (χ4v) is 2.60. The zero-order chi connectivity index (χ0) is 10.3. The molecule has 0 amide bonds. The van der Waals surface area contributed by atoms with Crippen LogP contribution in [0.15, 0.2) is 29.8 Å². The van der Waals surface area contributed by atoms with E-state index in [1.165, 1.54) is 20.5 Å². The van der Waals surface area contributed by atoms with Crippen LogP contribution in [0.2, 0.25) is 0 Å². The summed E-state index contributed by atoms with van der Waals surface area (Å²) in [5.74, 6) is 0. The first kappa shape index (κ1) is 9.29. The Balaban J connectivity index is 2.25. The molecule has 3 rings (SSSR count). The SMILES string of the molecule is Ic1c[nH]c2ccc(-c3csnn3)cc12. The maximum absolute atomic E-state index is 4.06. The monoisotopic (exact) mass is 327 g/mol. The molecule has 0 saturated heterocycles. The van der Waals surface area contributed by atoms with Crippen molar-refractivity contribution >= 4 is 45.0 Å². The van der Waals surface area contributed by atoms with E-state index in [1.54, 1.807) is 0 Å². The quantitative estimate of drug-likeness (QED) is 0.697. The Morgan fingerprint density at radius 3 is 3.07 bits per heavy atom. The van der Waals surface area contributed by atoms with Crippen molar-refractivity contribution in [2.24, 2.45) is 0 Å². The van der Waals surface area contributed by atoms with Crippen LogP contribution >= 0.6 is 34.1 Å². The van der Waals surface area contributed by atoms with Crippen molar-refractivity contribution in [3.63, 3.8) is 0 Å². The van der Waals surface area contributed by atoms with Crippen molar-refractivity contribution in [1.82, 2.24) is 14.6 Å². The molecule has 3 aromatic rings. The molecular formula is C10H6IN3S. The maximum Gasteiger partial charge on any atom is 0.105 e. The molecule has 74 valence electrons. The van der Waals surface area contributed by atoms with E-state index in [9.17, 15) is 0 Å². The molecule has 0 aliphatic carbocycles. The van der Waals surface area contributed by atoms with Crippen molar-refractivity contribution in [2.45, 2.75) is 0 Å². The minimum Gasteiger partial charge on any atom is -0.360 e. The number of hydrogen-bond acceptors (Lipinski definition) is 3. The zero-order valence-electron chi connectivity index (χ0n) is 7.57. The molecule has 2 heterocycles. The summed E-state index contributed by atoms with van der Waals surface area (Å²) in [6.07, 6.45) is 2.01. The molecule has 0 fully saturated rings. The number of hydrogen-bond donors (Lipinski definition) is 1. The van der Waals surface area contributed by atoms with Gasteiger partial charge in [0, 0.05) is 31.6 Å². The van der Waals surface area contributed by atoms with Crippen LogP contribution in [0.1, 0.15) is 0 Å². The van der Waals surface area contributed by atoms with Crippen molar-refractivity contribution in [1.29, 1.82) is 0 Å². The van der Waals surface area contributed by atoms with Crippen molar-refractivity contribution < 1.29 is 0 Å². The van der Waals surface area contributed by atoms with Gasteiger partial charge in [-0.25, -0.2) is 0 Å². The third-order valence-electron chi connectivity index (χ3n) is 2.29. The van der Waals surface area contributed by atoms with Gasteiger partial charge in [0.25, 0.3) is 0 Å². The number of H-pyrrole nitrogens is 1. The van der Waals surface area contributed by atoms with E-state index in [2.05, 4.69) is 55.4 Å². The van der Waals surface area contributed by atoms with Crippen LogP contribution < -0.4 is 0 Å². The molecule has 0 spiro atoms. The molecular weight excluding hydrogens is 321 g/mol. The van der Waals surface area contributed by atoms with E-state index in [4.69, 9.17) is 0 Å². The van der Waals surface area contributed by atoms with Crippen LogP contribution in [0, 0.1) is 3.57 Å². The number of aromatic nitrogens is 3. The fraction of sp³-hybridized carbons (Fsp3) is 0. The molecule has 5 heteroatoms. The van der Waals surface area contributed by atoms with Crippen LogP contribution in [0.25, 0.3) is 22.2 Å². The predicted octanol–water partition coefficient (Wildman–Crippen LogP) is 3.29. The molecule has 2 aromatic heterocycles. The van der Waals surface area contributed by atoms with Gasteiger partial charge >= 0.3 is 0 Å². The van der Waals surface area contributed by atoms with Crippen molar-refractivity contribution in [3.05, 3.63) is 33.3 Å². The summed E-state index contributed by atoms with van der Waals surface area (Å²) in [6.45, 7) is 0. The number of aromatic amines is 1. The van der Waals surface area contributed by atoms with E-state index in [0.29, 0.717) is 0 Å². The number of halogens is 1. The van der Waals surface area contributed by atoms with E-state index in [0.717, 1.165) is 16.8 Å². The second-order valence-corrected chi connectivity index (χ2v) is 4.96. The highest BCUT2D eigenvalue weighted by molar-refractivity contribution is 14.1. The summed E-state index contributed by atoms with van der Waals surface area (Å²) in [4.78, 5) is 3.22. The summed E-state index contributed by atoms with van der Waals surface area (Å²) in [5.41, 5.74) is 3.22. The minimum absolute atomic E-state index is 0.943. The molecule has 3 nitrogen and oxygen atoms in total. The molecule has 0 aliphatic heterocycles. The lowest BCUT2D eigenvalue weighted by molar-refractivity contribution is 1.16. The number of benzene rings is 1. The van der Waals surface area contributed by atoms with Crippen LogP contribution in [0.4, 0.5) is 0 Å². The summed E-state index contributed by atoms with van der Waals surface area (Å²) in [6, 6.07) is 6.28. The van der Waals surface area contributed by atoms with Crippen molar-refractivity contribution in [2.75, 3.05) is 0 Å². The summed E-state index contributed by atoms with van der Waals surface area (Å²) in [5, 5.41) is 7.26. The first-order valence-electron chi connectivity index (χ1n) is 4.38. The van der Waals surface area contributed by atoms with Crippen LogP contribution in [0.3, 0.4) is 0 Å². The Labute approximate surface area is 104 Å². The Morgan fingerprint density at radius 1 is 1.33 bits per heavy atom. The van der Waals surface area contributed by atoms with Gasteiger partial charge < -0.3 is 4.98 Å². The van der Waals surface area contributed by atoms with Gasteiger partial charge in [0.05, 0.1) is 0 Å². The lowest BCUT2D eigenvalue weighted by atomic mass is 10.1. The topological polar surface area (TPSA) is 41.6 Å². The molecule has 0 aliphatic rings. The number of nitrogens with zero attached hydrogens (tertiary/aromatic N) is 2. The lowest BCUT2D eigenvalue weighted by Gasteiger charge is -1.96. The molecule has 0 radical (unpaired) electrons. The molecule has 15 heavy (non-hydrogen) atoms. The second kappa shape index (κ2) is 3.57.